The highest BCUT2D eigenvalue weighted by Gasteiger charge is 2.33. The minimum atomic E-state index is -1.05. The molecule has 1 fully saturated rings. The van der Waals surface area contributed by atoms with Gasteiger partial charge in [-0.15, -0.1) is 0 Å². The zero-order chi connectivity index (χ0) is 16.8. The minimum absolute atomic E-state index is 0.189. The van der Waals surface area contributed by atoms with Crippen molar-refractivity contribution in [1.82, 2.24) is 14.9 Å². The second-order valence-electron chi connectivity index (χ2n) is 6.24. The van der Waals surface area contributed by atoms with Crippen LogP contribution in [0, 0.1) is 6.92 Å². The maximum Gasteiger partial charge on any atom is 0.134 e. The second-order valence-corrected chi connectivity index (χ2v) is 6.24. The van der Waals surface area contributed by atoms with Crippen LogP contribution in [0.1, 0.15) is 11.3 Å². The van der Waals surface area contributed by atoms with E-state index in [1.165, 1.54) is 0 Å². The number of para-hydroxylation sites is 1. The number of aryl methyl sites for hydroxylation is 1. The number of benzene rings is 1. The average molecular weight is 329 g/mol. The van der Waals surface area contributed by atoms with E-state index in [0.717, 1.165) is 23.6 Å². The molecule has 1 aromatic heterocycles. The summed E-state index contributed by atoms with van der Waals surface area (Å²) < 4.78 is 11.4. The van der Waals surface area contributed by atoms with E-state index in [4.69, 9.17) is 9.47 Å². The predicted octanol–water partition coefficient (Wildman–Crippen LogP) is 1.43. The first-order valence-corrected chi connectivity index (χ1v) is 8.10. The summed E-state index contributed by atoms with van der Waals surface area (Å²) in [6, 6.07) is 7.79. The molecule has 1 saturated heterocycles. The summed E-state index contributed by atoms with van der Waals surface area (Å²) in [5, 5.41) is 10.9. The second kappa shape index (κ2) is 7.70. The number of aromatic nitrogens is 2. The van der Waals surface area contributed by atoms with Crippen LogP contribution in [0.25, 0.3) is 0 Å². The Morgan fingerprint density at radius 1 is 1.33 bits per heavy atom. The number of hydrogen-bond donors (Lipinski definition) is 1. The zero-order valence-corrected chi connectivity index (χ0v) is 13.9. The summed E-state index contributed by atoms with van der Waals surface area (Å²) in [7, 11) is 0. The van der Waals surface area contributed by atoms with Crippen LogP contribution in [0.4, 0.5) is 0 Å². The van der Waals surface area contributed by atoms with Gasteiger partial charge in [-0.2, -0.15) is 0 Å². The topological polar surface area (TPSA) is 67.7 Å². The van der Waals surface area contributed by atoms with Crippen molar-refractivity contribution in [2.24, 2.45) is 0 Å². The molecule has 0 bridgehead atoms. The molecule has 1 aliphatic heterocycles. The highest BCUT2D eigenvalue weighted by molar-refractivity contribution is 5.31. The molecule has 0 spiro atoms. The molecular formula is C18H23N3O3. The first-order chi connectivity index (χ1) is 11.6. The maximum absolute atomic E-state index is 10.9. The van der Waals surface area contributed by atoms with Crippen LogP contribution < -0.4 is 4.74 Å². The standard InChI is InChI=1S/C18H23N3O3/c1-15-4-2-3-5-17(15)24-14-18(22)12-21(8-9-23-13-18)11-16-10-19-6-7-20-16/h2-7,10,22H,8-9,11-14H2,1H3/t18-/m1/s1. The Bertz CT molecular complexity index is 653. The van der Waals surface area contributed by atoms with Gasteiger partial charge in [0, 0.05) is 38.2 Å². The molecule has 128 valence electrons. The van der Waals surface area contributed by atoms with E-state index in [0.29, 0.717) is 19.7 Å². The summed E-state index contributed by atoms with van der Waals surface area (Å²) in [5.41, 5.74) is 0.870. The molecule has 1 aliphatic rings. The van der Waals surface area contributed by atoms with Crippen LogP contribution in [0.15, 0.2) is 42.9 Å². The predicted molar refractivity (Wildman–Crippen MR) is 89.8 cm³/mol. The van der Waals surface area contributed by atoms with Gasteiger partial charge in [0.25, 0.3) is 0 Å². The van der Waals surface area contributed by atoms with Gasteiger partial charge in [-0.05, 0) is 18.6 Å². The van der Waals surface area contributed by atoms with Gasteiger partial charge in [0.2, 0.25) is 0 Å². The molecule has 0 saturated carbocycles. The first kappa shape index (κ1) is 16.8. The third kappa shape index (κ3) is 4.50. The van der Waals surface area contributed by atoms with Crippen LogP contribution in [0.5, 0.6) is 5.75 Å². The fraction of sp³-hybridized carbons (Fsp3) is 0.444. The van der Waals surface area contributed by atoms with Crippen molar-refractivity contribution >= 4 is 0 Å². The fourth-order valence-electron chi connectivity index (χ4n) is 2.79. The summed E-state index contributed by atoms with van der Waals surface area (Å²) in [5.74, 6) is 0.788. The van der Waals surface area contributed by atoms with Crippen molar-refractivity contribution < 1.29 is 14.6 Å². The lowest BCUT2D eigenvalue weighted by Gasteiger charge is -2.30. The largest absolute Gasteiger partial charge is 0.490 e. The molecule has 2 heterocycles. The van der Waals surface area contributed by atoms with Crippen molar-refractivity contribution in [3.05, 3.63) is 54.1 Å². The highest BCUT2D eigenvalue weighted by Crippen LogP contribution is 2.20. The van der Waals surface area contributed by atoms with Crippen LogP contribution in [-0.4, -0.2) is 58.5 Å². The number of ether oxygens (including phenoxy) is 2. The minimum Gasteiger partial charge on any atom is -0.490 e. The molecule has 1 atom stereocenters. The van der Waals surface area contributed by atoms with Crippen molar-refractivity contribution in [2.45, 2.75) is 19.1 Å². The van der Waals surface area contributed by atoms with E-state index in [-0.39, 0.29) is 13.2 Å². The van der Waals surface area contributed by atoms with E-state index < -0.39 is 5.60 Å². The number of aliphatic hydroxyl groups is 1. The van der Waals surface area contributed by atoms with Crippen LogP contribution in [-0.2, 0) is 11.3 Å². The van der Waals surface area contributed by atoms with Gasteiger partial charge in [0.1, 0.15) is 18.0 Å². The lowest BCUT2D eigenvalue weighted by molar-refractivity contribution is -0.0648. The van der Waals surface area contributed by atoms with Gasteiger partial charge in [-0.25, -0.2) is 0 Å². The first-order valence-electron chi connectivity index (χ1n) is 8.10. The van der Waals surface area contributed by atoms with Crippen molar-refractivity contribution in [2.75, 3.05) is 32.9 Å². The Kier molecular flexibility index (Phi) is 5.40. The molecule has 0 unspecified atom stereocenters. The number of rotatable bonds is 5. The third-order valence-electron chi connectivity index (χ3n) is 4.03. The number of β-amino-alcohol motifs (C(OH)–C–C–N with tert-alkyl or cyclic N) is 1. The van der Waals surface area contributed by atoms with E-state index >= 15 is 0 Å². The van der Waals surface area contributed by atoms with E-state index in [2.05, 4.69) is 14.9 Å². The van der Waals surface area contributed by atoms with Crippen LogP contribution >= 0.6 is 0 Å². The van der Waals surface area contributed by atoms with Gasteiger partial charge >= 0.3 is 0 Å². The Balaban J connectivity index is 1.63. The Hall–Kier alpha value is -2.02. The molecule has 1 aromatic carbocycles. The lowest BCUT2D eigenvalue weighted by Crippen LogP contribution is -2.48. The van der Waals surface area contributed by atoms with Crippen molar-refractivity contribution in [3.63, 3.8) is 0 Å². The zero-order valence-electron chi connectivity index (χ0n) is 13.9. The third-order valence-corrected chi connectivity index (χ3v) is 4.03. The summed E-state index contributed by atoms with van der Waals surface area (Å²) in [6.45, 7) is 4.85. The summed E-state index contributed by atoms with van der Waals surface area (Å²) >= 11 is 0. The molecule has 0 radical (unpaired) electrons. The average Bonchev–Trinajstić information content (AvgIpc) is 2.77. The quantitative estimate of drug-likeness (QED) is 0.895. The summed E-state index contributed by atoms with van der Waals surface area (Å²) in [6.07, 6.45) is 5.08. The molecule has 1 N–H and O–H groups in total. The monoisotopic (exact) mass is 329 g/mol. The molecule has 0 amide bonds. The van der Waals surface area contributed by atoms with Crippen molar-refractivity contribution in [3.8, 4) is 5.75 Å². The number of nitrogens with zero attached hydrogens (tertiary/aromatic N) is 3. The Labute approximate surface area is 142 Å². The molecule has 3 rings (SSSR count). The van der Waals surface area contributed by atoms with E-state index in [1.807, 2.05) is 31.2 Å². The molecule has 2 aromatic rings. The van der Waals surface area contributed by atoms with Gasteiger partial charge in [-0.3, -0.25) is 14.9 Å². The number of hydrogen-bond acceptors (Lipinski definition) is 6. The fourth-order valence-corrected chi connectivity index (χ4v) is 2.79. The van der Waals surface area contributed by atoms with Crippen molar-refractivity contribution in [1.29, 1.82) is 0 Å². The van der Waals surface area contributed by atoms with Gasteiger partial charge in [0.05, 0.1) is 18.9 Å². The summed E-state index contributed by atoms with van der Waals surface area (Å²) in [4.78, 5) is 10.5. The van der Waals surface area contributed by atoms with E-state index in [1.54, 1.807) is 18.6 Å². The maximum atomic E-state index is 10.9. The SMILES string of the molecule is Cc1ccccc1OC[C@]1(O)COCCN(Cc2cnccn2)C1. The Morgan fingerprint density at radius 3 is 3.00 bits per heavy atom. The van der Waals surface area contributed by atoms with E-state index in [9.17, 15) is 5.11 Å². The van der Waals surface area contributed by atoms with Gasteiger partial charge < -0.3 is 14.6 Å². The normalized spacial score (nSPS) is 22.1. The smallest absolute Gasteiger partial charge is 0.134 e. The molecular weight excluding hydrogens is 306 g/mol. The highest BCUT2D eigenvalue weighted by atomic mass is 16.5. The van der Waals surface area contributed by atoms with Crippen LogP contribution in [0.2, 0.25) is 0 Å². The lowest BCUT2D eigenvalue weighted by atomic mass is 10.1. The Morgan fingerprint density at radius 2 is 2.21 bits per heavy atom. The molecule has 0 aliphatic carbocycles. The molecule has 24 heavy (non-hydrogen) atoms. The molecule has 6 nitrogen and oxygen atoms in total. The van der Waals surface area contributed by atoms with Crippen LogP contribution in [0.3, 0.4) is 0 Å². The van der Waals surface area contributed by atoms with Gasteiger partial charge in [0.15, 0.2) is 0 Å². The molecule has 6 heteroatoms. The van der Waals surface area contributed by atoms with Gasteiger partial charge in [-0.1, -0.05) is 18.2 Å².